The van der Waals surface area contributed by atoms with Gasteiger partial charge in [-0.2, -0.15) is 0 Å². The Morgan fingerprint density at radius 2 is 2.15 bits per heavy atom. The van der Waals surface area contributed by atoms with Crippen molar-refractivity contribution in [2.45, 2.75) is 0 Å². The molecule has 0 saturated carbocycles. The third-order valence-electron chi connectivity index (χ3n) is 1.07. The second kappa shape index (κ2) is 5.98. The largest absolute Gasteiger partial charge is 0.348 e. The summed E-state index contributed by atoms with van der Waals surface area (Å²) in [5, 5.41) is 0. The first-order valence-electron chi connectivity index (χ1n) is 6.10. The molecular weight excluding hydrogens is 229 g/mol. The van der Waals surface area contributed by atoms with E-state index in [0.717, 1.165) is 0 Å². The molecule has 0 bridgehead atoms. The van der Waals surface area contributed by atoms with E-state index in [2.05, 4.69) is 9.05 Å². The smallest absolute Gasteiger partial charge is 0.247 e. The molecule has 0 aromatic rings. The summed E-state index contributed by atoms with van der Waals surface area (Å²) in [4.78, 5) is 12.7. The molecule has 1 amide bonds. The fraction of sp³-hybridized carbons (Fsp3) is 0.833. The van der Waals surface area contributed by atoms with Gasteiger partial charge in [-0.15, -0.1) is 0 Å². The normalized spacial score (nSPS) is 20.2. The number of carbonyl (C=O) groups is 1. The molecule has 7 heteroatoms. The van der Waals surface area contributed by atoms with Crippen LogP contribution in [-0.4, -0.2) is 44.7 Å². The van der Waals surface area contributed by atoms with Gasteiger partial charge in [0.25, 0.3) is 0 Å². The molecule has 0 aromatic heterocycles. The molecule has 0 saturated heterocycles. The van der Waals surface area contributed by atoms with Gasteiger partial charge in [0.05, 0.1) is 14.0 Å². The Bertz CT molecular complexity index is 351. The molecule has 4 nitrogen and oxygen atoms in total. The minimum atomic E-state index is -3.68. The molecule has 0 aliphatic heterocycles. The van der Waals surface area contributed by atoms with Crippen LogP contribution in [0.4, 0.5) is 0 Å². The highest BCUT2D eigenvalue weighted by Crippen LogP contribution is 2.59. The van der Waals surface area contributed by atoms with Crippen molar-refractivity contribution >= 4 is 34.8 Å². The summed E-state index contributed by atoms with van der Waals surface area (Å²) >= 11 is 5.43. The predicted octanol–water partition coefficient (Wildman–Crippen LogP) is 1.33. The van der Waals surface area contributed by atoms with Crippen molar-refractivity contribution in [3.63, 3.8) is 0 Å². The minimum absolute atomic E-state index is 0.226. The van der Waals surface area contributed by atoms with Gasteiger partial charge >= 0.3 is 0 Å². The molecule has 0 aromatic carbocycles. The summed E-state index contributed by atoms with van der Waals surface area (Å²) in [5.74, 6) is -0.585. The first kappa shape index (κ1) is 6.08. The van der Waals surface area contributed by atoms with Crippen LogP contribution >= 0.6 is 17.1 Å². The molecule has 0 spiro atoms. The molecule has 13 heavy (non-hydrogen) atoms. The highest BCUT2D eigenvalue weighted by Gasteiger charge is 2.18. The van der Waals surface area contributed by atoms with Crippen molar-refractivity contribution in [3.05, 3.63) is 0 Å². The quantitative estimate of drug-likeness (QED) is 0.687. The zero-order chi connectivity index (χ0) is 15.5. The topological polar surface area (TPSA) is 38.8 Å². The van der Waals surface area contributed by atoms with E-state index in [0.29, 0.717) is 11.4 Å². The van der Waals surface area contributed by atoms with Gasteiger partial charge in [-0.1, -0.05) is 11.4 Å². The van der Waals surface area contributed by atoms with E-state index in [9.17, 15) is 4.79 Å². The standard InChI is InChI=1S/C6H14NO3PS2/c1-7(2)6(8)5-13-11(12,9-3)10-4/h5H2,1-4H3/i3D3,4D3. The summed E-state index contributed by atoms with van der Waals surface area (Å²) in [5.41, 5.74) is -3.68. The summed E-state index contributed by atoms with van der Waals surface area (Å²) in [6.45, 7) is 0. The van der Waals surface area contributed by atoms with Crippen LogP contribution in [0.1, 0.15) is 8.22 Å². The van der Waals surface area contributed by atoms with E-state index < -0.39 is 19.8 Å². The Balaban J connectivity index is 4.87. The SMILES string of the molecule is [2H]C([2H])([2H])OP(=S)(OC([2H])([2H])[2H])SCC(=O)N(C)C. The third-order valence-corrected chi connectivity index (χ3v) is 5.39. The van der Waals surface area contributed by atoms with Crippen LogP contribution in [0, 0.1) is 0 Å². The highest BCUT2D eigenvalue weighted by atomic mass is 32.9. The Morgan fingerprint density at radius 3 is 2.54 bits per heavy atom. The molecule has 0 radical (unpaired) electrons. The Labute approximate surface area is 96.3 Å². The van der Waals surface area contributed by atoms with Gasteiger partial charge in [-0.3, -0.25) is 4.79 Å². The number of amides is 1. The van der Waals surface area contributed by atoms with Gasteiger partial charge in [0.1, 0.15) is 0 Å². The van der Waals surface area contributed by atoms with E-state index in [1.807, 2.05) is 0 Å². The molecule has 0 unspecified atom stereocenters. The van der Waals surface area contributed by atoms with Crippen LogP contribution in [0.25, 0.3) is 0 Å². The monoisotopic (exact) mass is 249 g/mol. The number of hydrogen-bond donors (Lipinski definition) is 0. The van der Waals surface area contributed by atoms with E-state index in [1.165, 1.54) is 19.0 Å². The lowest BCUT2D eigenvalue weighted by atomic mass is 10.6. The molecular formula is C6H14NO3PS2. The van der Waals surface area contributed by atoms with E-state index >= 15 is 0 Å². The highest BCUT2D eigenvalue weighted by molar-refractivity contribution is 8.68. The first-order valence-corrected chi connectivity index (χ1v) is 7.33. The maximum Gasteiger partial charge on any atom is 0.247 e. The van der Waals surface area contributed by atoms with Crippen LogP contribution in [0.15, 0.2) is 0 Å². The fourth-order valence-corrected chi connectivity index (χ4v) is 2.60. The van der Waals surface area contributed by atoms with Crippen molar-refractivity contribution in [3.8, 4) is 0 Å². The summed E-state index contributed by atoms with van der Waals surface area (Å²) in [6, 6.07) is 0. The van der Waals surface area contributed by atoms with Gasteiger partial charge in [-0.05, 0) is 11.8 Å². The van der Waals surface area contributed by atoms with E-state index in [1.54, 1.807) is 0 Å². The summed E-state index contributed by atoms with van der Waals surface area (Å²) < 4.78 is 50.9. The second-order valence-corrected chi connectivity index (χ2v) is 8.35. The predicted molar refractivity (Wildman–Crippen MR) is 59.5 cm³/mol. The van der Waals surface area contributed by atoms with Gasteiger partial charge < -0.3 is 13.9 Å². The number of hydrogen-bond acceptors (Lipinski definition) is 5. The number of rotatable bonds is 5. The number of carbonyl (C=O) groups excluding carboxylic acids is 1. The van der Waals surface area contributed by atoms with Gasteiger partial charge in [0, 0.05) is 28.2 Å². The van der Waals surface area contributed by atoms with Crippen molar-refractivity contribution in [2.75, 3.05) is 33.9 Å². The fourth-order valence-electron chi connectivity index (χ4n) is 0.335. The maximum atomic E-state index is 11.4. The molecule has 0 aliphatic carbocycles. The molecule has 78 valence electrons. The molecule has 0 N–H and O–H groups in total. The van der Waals surface area contributed by atoms with Gasteiger partial charge in [0.15, 0.2) is 0 Å². The average Bonchev–Trinajstić information content (AvgIpc) is 2.07. The minimum Gasteiger partial charge on any atom is -0.348 e. The van der Waals surface area contributed by atoms with Crippen molar-refractivity contribution < 1.29 is 22.1 Å². The summed E-state index contributed by atoms with van der Waals surface area (Å²) in [6.07, 6.45) is 0. The van der Waals surface area contributed by atoms with Crippen LogP contribution in [0.5, 0.6) is 0 Å². The second-order valence-electron chi connectivity index (χ2n) is 2.19. The molecule has 0 heterocycles. The van der Waals surface area contributed by atoms with E-state index in [4.69, 9.17) is 20.0 Å². The van der Waals surface area contributed by atoms with Crippen LogP contribution in [0.3, 0.4) is 0 Å². The van der Waals surface area contributed by atoms with Crippen LogP contribution in [0.2, 0.25) is 0 Å². The molecule has 0 rings (SSSR count). The van der Waals surface area contributed by atoms with Crippen molar-refractivity contribution in [1.29, 1.82) is 0 Å². The zero-order valence-electron chi connectivity index (χ0n) is 13.1. The lowest BCUT2D eigenvalue weighted by molar-refractivity contribution is -0.125. The lowest BCUT2D eigenvalue weighted by Gasteiger charge is -2.17. The van der Waals surface area contributed by atoms with E-state index in [-0.39, 0.29) is 11.7 Å². The van der Waals surface area contributed by atoms with Gasteiger partial charge in [0.2, 0.25) is 11.6 Å². The zero-order valence-corrected chi connectivity index (χ0v) is 9.67. The molecule has 0 fully saturated rings. The third kappa shape index (κ3) is 4.98. The number of nitrogens with zero attached hydrogens (tertiary/aromatic N) is 1. The van der Waals surface area contributed by atoms with Crippen LogP contribution < -0.4 is 0 Å². The lowest BCUT2D eigenvalue weighted by Crippen LogP contribution is -2.23. The van der Waals surface area contributed by atoms with Gasteiger partial charge in [-0.25, -0.2) is 0 Å². The molecule has 0 atom stereocenters. The Hall–Kier alpha value is 0.390. The van der Waals surface area contributed by atoms with Crippen molar-refractivity contribution in [1.82, 2.24) is 4.90 Å². The van der Waals surface area contributed by atoms with Crippen LogP contribution in [-0.2, 0) is 25.6 Å². The molecule has 0 aliphatic rings. The average molecular weight is 249 g/mol. The Kier molecular flexibility index (Phi) is 2.80. The first-order chi connectivity index (χ1) is 8.24. The Morgan fingerprint density at radius 1 is 1.62 bits per heavy atom. The maximum absolute atomic E-state index is 11.4. The van der Waals surface area contributed by atoms with Crippen molar-refractivity contribution in [2.24, 2.45) is 0 Å². The summed E-state index contributed by atoms with van der Waals surface area (Å²) in [7, 11) is -2.78.